The molecule has 4 heteroatoms. The summed E-state index contributed by atoms with van der Waals surface area (Å²) in [6.45, 7) is 8.42. The van der Waals surface area contributed by atoms with Crippen LogP contribution in [0.25, 0.3) is 0 Å². The number of rotatable bonds is 7. The summed E-state index contributed by atoms with van der Waals surface area (Å²) >= 11 is 2.04. The third-order valence-corrected chi connectivity index (χ3v) is 5.39. The van der Waals surface area contributed by atoms with E-state index in [4.69, 9.17) is 9.97 Å². The number of hydrogen-bond donors (Lipinski definition) is 1. The highest BCUT2D eigenvalue weighted by molar-refractivity contribution is 7.99. The lowest BCUT2D eigenvalue weighted by Crippen LogP contribution is -2.18. The Hall–Kier alpha value is -0.610. The summed E-state index contributed by atoms with van der Waals surface area (Å²) in [7, 11) is 0. The molecule has 3 nitrogen and oxygen atoms in total. The number of likely N-dealkylation sites (N-methyl/N-ethyl adjacent to an activating group) is 1. The van der Waals surface area contributed by atoms with Crippen molar-refractivity contribution in [2.75, 3.05) is 13.1 Å². The summed E-state index contributed by atoms with van der Waals surface area (Å²) in [6.07, 6.45) is 6.59. The van der Waals surface area contributed by atoms with Gasteiger partial charge in [-0.15, -0.1) is 0 Å². The van der Waals surface area contributed by atoms with E-state index in [2.05, 4.69) is 26.1 Å². The van der Waals surface area contributed by atoms with Gasteiger partial charge in [0.15, 0.2) is 0 Å². The first-order chi connectivity index (χ1) is 9.70. The molecular formula is C16H27N3S. The van der Waals surface area contributed by atoms with Crippen molar-refractivity contribution in [3.05, 3.63) is 22.8 Å². The number of hydrogen-bond acceptors (Lipinski definition) is 4. The summed E-state index contributed by atoms with van der Waals surface area (Å²) in [4.78, 5) is 9.43. The van der Waals surface area contributed by atoms with E-state index in [1.807, 2.05) is 11.8 Å². The van der Waals surface area contributed by atoms with Gasteiger partial charge in [-0.1, -0.05) is 19.8 Å². The lowest BCUT2D eigenvalue weighted by atomic mass is 10.1. The molecule has 2 rings (SSSR count). The van der Waals surface area contributed by atoms with E-state index in [1.165, 1.54) is 31.2 Å². The van der Waals surface area contributed by atoms with Crippen molar-refractivity contribution in [2.24, 2.45) is 0 Å². The van der Waals surface area contributed by atoms with E-state index in [0.29, 0.717) is 0 Å². The maximum atomic E-state index is 4.71. The molecule has 0 bridgehead atoms. The number of nitrogens with one attached hydrogen (secondary N) is 1. The minimum absolute atomic E-state index is 0.840. The van der Waals surface area contributed by atoms with Crippen LogP contribution in [0.1, 0.15) is 55.4 Å². The van der Waals surface area contributed by atoms with Gasteiger partial charge < -0.3 is 5.32 Å². The van der Waals surface area contributed by atoms with E-state index >= 15 is 0 Å². The van der Waals surface area contributed by atoms with Crippen molar-refractivity contribution in [1.29, 1.82) is 0 Å². The number of nitrogens with zero attached hydrogens (tertiary/aromatic N) is 2. The number of aryl methyl sites for hydroxylation is 2. The largest absolute Gasteiger partial charge is 0.317 e. The van der Waals surface area contributed by atoms with Gasteiger partial charge in [-0.3, -0.25) is 0 Å². The molecule has 1 N–H and O–H groups in total. The fourth-order valence-corrected chi connectivity index (χ4v) is 4.05. The second-order valence-corrected chi connectivity index (χ2v) is 6.90. The summed E-state index contributed by atoms with van der Waals surface area (Å²) in [5.74, 6) is 1.99. The third kappa shape index (κ3) is 4.45. The van der Waals surface area contributed by atoms with Crippen molar-refractivity contribution in [3.8, 4) is 0 Å². The van der Waals surface area contributed by atoms with E-state index in [0.717, 1.165) is 47.7 Å². The van der Waals surface area contributed by atoms with Crippen LogP contribution in [-0.4, -0.2) is 28.3 Å². The molecule has 1 heterocycles. The van der Waals surface area contributed by atoms with Crippen molar-refractivity contribution >= 4 is 11.8 Å². The molecule has 0 atom stereocenters. The van der Waals surface area contributed by atoms with E-state index in [-0.39, 0.29) is 0 Å². The molecule has 1 saturated carbocycles. The monoisotopic (exact) mass is 293 g/mol. The minimum atomic E-state index is 0.840. The van der Waals surface area contributed by atoms with Crippen LogP contribution in [0.2, 0.25) is 0 Å². The molecule has 1 aliphatic rings. The van der Waals surface area contributed by atoms with Crippen molar-refractivity contribution in [2.45, 2.75) is 63.9 Å². The van der Waals surface area contributed by atoms with Gasteiger partial charge in [-0.05, 0) is 51.8 Å². The molecule has 1 aromatic rings. The normalized spacial score (nSPS) is 15.9. The summed E-state index contributed by atoms with van der Waals surface area (Å²) in [6, 6.07) is 0. The lowest BCUT2D eigenvalue weighted by molar-refractivity contribution is 0.706. The van der Waals surface area contributed by atoms with Crippen LogP contribution in [0.4, 0.5) is 0 Å². The first kappa shape index (κ1) is 15.8. The fourth-order valence-electron chi connectivity index (χ4n) is 2.87. The van der Waals surface area contributed by atoms with Crippen LogP contribution in [0.3, 0.4) is 0 Å². The predicted octanol–water partition coefficient (Wildman–Crippen LogP) is 3.42. The van der Waals surface area contributed by atoms with E-state index in [1.54, 1.807) is 0 Å². The van der Waals surface area contributed by atoms with E-state index in [9.17, 15) is 0 Å². The van der Waals surface area contributed by atoms with Crippen LogP contribution >= 0.6 is 11.8 Å². The van der Waals surface area contributed by atoms with Crippen LogP contribution in [0, 0.1) is 13.8 Å². The van der Waals surface area contributed by atoms with Gasteiger partial charge in [0.25, 0.3) is 0 Å². The lowest BCUT2D eigenvalue weighted by Gasteiger charge is -2.12. The number of thioether (sulfide) groups is 1. The Morgan fingerprint density at radius 2 is 1.80 bits per heavy atom. The fraction of sp³-hybridized carbons (Fsp3) is 0.750. The summed E-state index contributed by atoms with van der Waals surface area (Å²) in [5.41, 5.74) is 3.65. The molecule has 0 saturated heterocycles. The van der Waals surface area contributed by atoms with Gasteiger partial charge in [0.05, 0.1) is 5.75 Å². The SMILES string of the molecule is CCNCCc1c(C)nc(CSC2CCCC2)nc1C. The zero-order valence-electron chi connectivity index (χ0n) is 13.0. The highest BCUT2D eigenvalue weighted by atomic mass is 32.2. The average molecular weight is 293 g/mol. The molecule has 0 unspecified atom stereocenters. The second-order valence-electron chi connectivity index (χ2n) is 5.61. The molecule has 0 aliphatic heterocycles. The van der Waals surface area contributed by atoms with Crippen molar-refractivity contribution in [1.82, 2.24) is 15.3 Å². The maximum Gasteiger partial charge on any atom is 0.138 e. The topological polar surface area (TPSA) is 37.8 Å². The number of aromatic nitrogens is 2. The first-order valence-electron chi connectivity index (χ1n) is 7.86. The molecular weight excluding hydrogens is 266 g/mol. The van der Waals surface area contributed by atoms with Crippen LogP contribution in [0.15, 0.2) is 0 Å². The summed E-state index contributed by atoms with van der Waals surface area (Å²) in [5, 5.41) is 4.21. The maximum absolute atomic E-state index is 4.71. The highest BCUT2D eigenvalue weighted by Crippen LogP contribution is 2.31. The van der Waals surface area contributed by atoms with Gasteiger partial charge >= 0.3 is 0 Å². The smallest absolute Gasteiger partial charge is 0.138 e. The van der Waals surface area contributed by atoms with Gasteiger partial charge in [0.2, 0.25) is 0 Å². The van der Waals surface area contributed by atoms with Gasteiger partial charge in [-0.2, -0.15) is 11.8 Å². The van der Waals surface area contributed by atoms with Crippen molar-refractivity contribution in [3.63, 3.8) is 0 Å². The summed E-state index contributed by atoms with van der Waals surface area (Å²) < 4.78 is 0. The zero-order valence-corrected chi connectivity index (χ0v) is 13.9. The Morgan fingerprint density at radius 1 is 1.15 bits per heavy atom. The van der Waals surface area contributed by atoms with Crippen molar-refractivity contribution < 1.29 is 0 Å². The Bertz CT molecular complexity index is 405. The second kappa shape index (κ2) is 7.99. The molecule has 1 aliphatic carbocycles. The standard InChI is InChI=1S/C16H27N3S/c1-4-17-10-9-15-12(2)18-16(19-13(15)3)11-20-14-7-5-6-8-14/h14,17H,4-11H2,1-3H3. The molecule has 20 heavy (non-hydrogen) atoms. The van der Waals surface area contributed by atoms with Crippen LogP contribution in [-0.2, 0) is 12.2 Å². The van der Waals surface area contributed by atoms with E-state index < -0.39 is 0 Å². The molecule has 0 radical (unpaired) electrons. The zero-order chi connectivity index (χ0) is 14.4. The van der Waals surface area contributed by atoms with Gasteiger partial charge in [0.1, 0.15) is 5.82 Å². The Morgan fingerprint density at radius 3 is 2.40 bits per heavy atom. The highest BCUT2D eigenvalue weighted by Gasteiger charge is 2.16. The Labute approximate surface area is 127 Å². The molecule has 0 aromatic carbocycles. The molecule has 1 aromatic heterocycles. The Balaban J connectivity index is 1.93. The molecule has 112 valence electrons. The quantitative estimate of drug-likeness (QED) is 0.782. The molecule has 0 spiro atoms. The first-order valence-corrected chi connectivity index (χ1v) is 8.91. The van der Waals surface area contributed by atoms with Crippen LogP contribution in [0.5, 0.6) is 0 Å². The third-order valence-electron chi connectivity index (χ3n) is 4.02. The minimum Gasteiger partial charge on any atom is -0.317 e. The molecule has 0 amide bonds. The van der Waals surface area contributed by atoms with Gasteiger partial charge in [-0.25, -0.2) is 9.97 Å². The van der Waals surface area contributed by atoms with Gasteiger partial charge in [0, 0.05) is 16.6 Å². The van der Waals surface area contributed by atoms with Crippen LogP contribution < -0.4 is 5.32 Å². The Kier molecular flexibility index (Phi) is 6.30. The predicted molar refractivity (Wildman–Crippen MR) is 87.3 cm³/mol. The average Bonchev–Trinajstić information content (AvgIpc) is 2.93. The molecule has 1 fully saturated rings.